The molecule has 0 spiro atoms. The first-order valence-corrected chi connectivity index (χ1v) is 5.47. The highest BCUT2D eigenvalue weighted by atomic mass is 19.4. The summed E-state index contributed by atoms with van der Waals surface area (Å²) >= 11 is 0. The summed E-state index contributed by atoms with van der Waals surface area (Å²) in [6, 6.07) is 1.81. The molecule has 0 bridgehead atoms. The number of aromatic nitrogens is 1. The van der Waals surface area contributed by atoms with Crippen molar-refractivity contribution in [3.05, 3.63) is 23.9 Å². The molecule has 1 aromatic heterocycles. The van der Waals surface area contributed by atoms with Crippen molar-refractivity contribution in [2.45, 2.75) is 19.5 Å². The van der Waals surface area contributed by atoms with Crippen LogP contribution in [-0.4, -0.2) is 24.0 Å². The second-order valence-corrected chi connectivity index (χ2v) is 3.56. The lowest BCUT2D eigenvalue weighted by molar-refractivity contribution is -0.137. The predicted octanol–water partition coefficient (Wildman–Crippen LogP) is 2.04. The van der Waals surface area contributed by atoms with E-state index in [4.69, 9.17) is 0 Å². The number of halogens is 3. The van der Waals surface area contributed by atoms with Gasteiger partial charge in [-0.05, 0) is 19.1 Å². The fourth-order valence-corrected chi connectivity index (χ4v) is 1.29. The smallest absolute Gasteiger partial charge is 0.370 e. The van der Waals surface area contributed by atoms with Gasteiger partial charge in [-0.15, -0.1) is 0 Å². The fourth-order valence-electron chi connectivity index (χ4n) is 1.29. The van der Waals surface area contributed by atoms with Crippen molar-refractivity contribution in [2.75, 3.05) is 18.4 Å². The van der Waals surface area contributed by atoms with Crippen molar-refractivity contribution in [3.8, 4) is 0 Å². The van der Waals surface area contributed by atoms with E-state index < -0.39 is 11.7 Å². The number of hydrogen-bond donors (Lipinski definition) is 2. The van der Waals surface area contributed by atoms with Crippen LogP contribution in [0.4, 0.5) is 19.0 Å². The normalized spacial score (nSPS) is 11.1. The monoisotopic (exact) mass is 261 g/mol. The lowest BCUT2D eigenvalue weighted by Crippen LogP contribution is -2.24. The van der Waals surface area contributed by atoms with Crippen LogP contribution in [0.15, 0.2) is 18.3 Å². The first-order chi connectivity index (χ1) is 8.43. The molecule has 0 atom stereocenters. The molecule has 0 fully saturated rings. The summed E-state index contributed by atoms with van der Waals surface area (Å²) < 4.78 is 37.2. The molecule has 7 heteroatoms. The van der Waals surface area contributed by atoms with Crippen LogP contribution in [0.3, 0.4) is 0 Å². The Labute approximate surface area is 103 Å². The maximum absolute atomic E-state index is 12.4. The zero-order valence-electron chi connectivity index (χ0n) is 9.84. The predicted molar refractivity (Wildman–Crippen MR) is 61.0 cm³/mol. The Morgan fingerprint density at radius 3 is 2.78 bits per heavy atom. The number of hydrogen-bond acceptors (Lipinski definition) is 3. The molecule has 0 aliphatic rings. The zero-order chi connectivity index (χ0) is 13.6. The van der Waals surface area contributed by atoms with Gasteiger partial charge in [-0.25, -0.2) is 4.98 Å². The SMILES string of the molecule is CCNC(=O)CCNc1cc(C(F)(F)F)ccn1. The van der Waals surface area contributed by atoms with E-state index in [9.17, 15) is 18.0 Å². The van der Waals surface area contributed by atoms with E-state index in [0.29, 0.717) is 6.54 Å². The number of anilines is 1. The molecule has 0 aliphatic heterocycles. The lowest BCUT2D eigenvalue weighted by atomic mass is 10.2. The second kappa shape index (κ2) is 6.23. The summed E-state index contributed by atoms with van der Waals surface area (Å²) in [6.45, 7) is 2.56. The van der Waals surface area contributed by atoms with Gasteiger partial charge in [0, 0.05) is 25.7 Å². The number of alkyl halides is 3. The summed E-state index contributed by atoms with van der Waals surface area (Å²) in [5.41, 5.74) is -0.766. The Morgan fingerprint density at radius 1 is 1.44 bits per heavy atom. The van der Waals surface area contributed by atoms with Crippen molar-refractivity contribution in [3.63, 3.8) is 0 Å². The van der Waals surface area contributed by atoms with Crippen molar-refractivity contribution in [1.29, 1.82) is 0 Å². The average molecular weight is 261 g/mol. The van der Waals surface area contributed by atoms with E-state index in [2.05, 4.69) is 15.6 Å². The molecule has 0 aromatic carbocycles. The summed E-state index contributed by atoms with van der Waals surface area (Å²) in [7, 11) is 0. The molecule has 1 aromatic rings. The van der Waals surface area contributed by atoms with Crippen LogP contribution in [0.25, 0.3) is 0 Å². The van der Waals surface area contributed by atoms with Gasteiger partial charge in [-0.3, -0.25) is 4.79 Å². The number of amides is 1. The Hall–Kier alpha value is -1.79. The molecule has 2 N–H and O–H groups in total. The third kappa shape index (κ3) is 4.60. The largest absolute Gasteiger partial charge is 0.416 e. The van der Waals surface area contributed by atoms with Gasteiger partial charge in [0.25, 0.3) is 0 Å². The lowest BCUT2D eigenvalue weighted by Gasteiger charge is -2.09. The Kier molecular flexibility index (Phi) is 4.94. The van der Waals surface area contributed by atoms with Gasteiger partial charge in [0.05, 0.1) is 5.56 Å². The Morgan fingerprint density at radius 2 is 2.17 bits per heavy atom. The highest BCUT2D eigenvalue weighted by Crippen LogP contribution is 2.29. The minimum Gasteiger partial charge on any atom is -0.370 e. The molecule has 4 nitrogen and oxygen atoms in total. The topological polar surface area (TPSA) is 54.0 Å². The Balaban J connectivity index is 2.51. The van der Waals surface area contributed by atoms with Crippen molar-refractivity contribution >= 4 is 11.7 Å². The van der Waals surface area contributed by atoms with E-state index in [1.165, 1.54) is 0 Å². The molecule has 1 heterocycles. The summed E-state index contributed by atoms with van der Waals surface area (Å²) in [4.78, 5) is 14.9. The van der Waals surface area contributed by atoms with Crippen molar-refractivity contribution in [2.24, 2.45) is 0 Å². The van der Waals surface area contributed by atoms with Crippen LogP contribution in [0.1, 0.15) is 18.9 Å². The van der Waals surface area contributed by atoms with Crippen LogP contribution in [-0.2, 0) is 11.0 Å². The van der Waals surface area contributed by atoms with E-state index in [0.717, 1.165) is 18.3 Å². The second-order valence-electron chi connectivity index (χ2n) is 3.56. The minimum absolute atomic E-state index is 0.106. The van der Waals surface area contributed by atoms with Gasteiger partial charge in [0.15, 0.2) is 0 Å². The molecule has 18 heavy (non-hydrogen) atoms. The number of nitrogens with zero attached hydrogens (tertiary/aromatic N) is 1. The molecule has 100 valence electrons. The quantitative estimate of drug-likeness (QED) is 0.852. The number of carbonyl (C=O) groups is 1. The van der Waals surface area contributed by atoms with Gasteiger partial charge in [-0.2, -0.15) is 13.2 Å². The summed E-state index contributed by atoms with van der Waals surface area (Å²) in [5, 5.41) is 5.26. The highest BCUT2D eigenvalue weighted by Gasteiger charge is 2.30. The van der Waals surface area contributed by atoms with Gasteiger partial charge in [-0.1, -0.05) is 0 Å². The van der Waals surface area contributed by atoms with Gasteiger partial charge in [0.1, 0.15) is 5.82 Å². The summed E-state index contributed by atoms with van der Waals surface area (Å²) in [6.07, 6.45) is -3.12. The number of pyridine rings is 1. The van der Waals surface area contributed by atoms with Crippen LogP contribution in [0.2, 0.25) is 0 Å². The Bertz CT molecular complexity index is 407. The molecule has 1 amide bonds. The first kappa shape index (κ1) is 14.3. The van der Waals surface area contributed by atoms with Gasteiger partial charge in [0.2, 0.25) is 5.91 Å². The molecular formula is C11H14F3N3O. The van der Waals surface area contributed by atoms with Crippen molar-refractivity contribution < 1.29 is 18.0 Å². The molecule has 0 unspecified atom stereocenters. The van der Waals surface area contributed by atoms with E-state index in [1.807, 2.05) is 0 Å². The van der Waals surface area contributed by atoms with Crippen molar-refractivity contribution in [1.82, 2.24) is 10.3 Å². The molecule has 0 saturated carbocycles. The highest BCUT2D eigenvalue weighted by molar-refractivity contribution is 5.76. The van der Waals surface area contributed by atoms with Crippen LogP contribution >= 0.6 is 0 Å². The molecule has 1 rings (SSSR count). The molecule has 0 radical (unpaired) electrons. The van der Waals surface area contributed by atoms with Crippen LogP contribution in [0.5, 0.6) is 0 Å². The molecule has 0 saturated heterocycles. The molecule has 0 aliphatic carbocycles. The van der Waals surface area contributed by atoms with E-state index >= 15 is 0 Å². The maximum Gasteiger partial charge on any atom is 0.416 e. The zero-order valence-corrected chi connectivity index (χ0v) is 9.84. The maximum atomic E-state index is 12.4. The number of rotatable bonds is 5. The van der Waals surface area contributed by atoms with Gasteiger partial charge >= 0.3 is 6.18 Å². The van der Waals surface area contributed by atoms with Gasteiger partial charge < -0.3 is 10.6 Å². The minimum atomic E-state index is -4.39. The van der Waals surface area contributed by atoms with Crippen LogP contribution < -0.4 is 10.6 Å². The third-order valence-electron chi connectivity index (χ3n) is 2.12. The first-order valence-electron chi connectivity index (χ1n) is 5.47. The average Bonchev–Trinajstić information content (AvgIpc) is 2.29. The number of nitrogens with one attached hydrogen (secondary N) is 2. The standard InChI is InChI=1S/C11H14F3N3O/c1-2-15-10(18)4-6-17-9-7-8(3-5-16-9)11(12,13)14/h3,5,7H,2,4,6H2,1H3,(H,15,18)(H,16,17). The fraction of sp³-hybridized carbons (Fsp3) is 0.455. The third-order valence-corrected chi connectivity index (χ3v) is 2.12. The summed E-state index contributed by atoms with van der Waals surface area (Å²) in [5.74, 6) is -0.0499. The van der Waals surface area contributed by atoms with E-state index in [1.54, 1.807) is 6.92 Å². The number of carbonyl (C=O) groups excluding carboxylic acids is 1. The molecular weight excluding hydrogens is 247 g/mol. The van der Waals surface area contributed by atoms with E-state index in [-0.39, 0.29) is 24.7 Å². The van der Waals surface area contributed by atoms with Crippen LogP contribution in [0, 0.1) is 0 Å².